The third kappa shape index (κ3) is 8.57. The summed E-state index contributed by atoms with van der Waals surface area (Å²) in [5.41, 5.74) is 0.803. The van der Waals surface area contributed by atoms with Gasteiger partial charge in [0.05, 0.1) is 10.8 Å². The molecule has 1 atom stereocenters. The third-order valence-electron chi connectivity index (χ3n) is 5.61. The van der Waals surface area contributed by atoms with Crippen LogP contribution in [0.15, 0.2) is 106 Å². The average molecular weight is 596 g/mol. The fraction of sp³-hybridized carbons (Fsp3) is 0.100. The lowest BCUT2D eigenvalue weighted by Crippen LogP contribution is -2.30. The van der Waals surface area contributed by atoms with E-state index in [1.54, 1.807) is 67.6 Å². The number of nitrogens with one attached hydrogen (secondary N) is 3. The fourth-order valence-electron chi connectivity index (χ4n) is 3.59. The van der Waals surface area contributed by atoms with Gasteiger partial charge in [-0.3, -0.25) is 14.4 Å². The van der Waals surface area contributed by atoms with Gasteiger partial charge >= 0.3 is 6.18 Å². The molecule has 3 aromatic carbocycles. The SMILES string of the molecule is CC(Sc1cccc(NC(=O)/C(=C/c2ccsc2)NC(=O)c2ccccc2)c1)C(=O)Nc1cccc(C(F)(F)F)c1. The highest BCUT2D eigenvalue weighted by molar-refractivity contribution is 8.00. The number of thioether (sulfide) groups is 1. The van der Waals surface area contributed by atoms with Gasteiger partial charge in [0, 0.05) is 21.8 Å². The molecular weight excluding hydrogens is 571 g/mol. The molecule has 0 aliphatic rings. The summed E-state index contributed by atoms with van der Waals surface area (Å²) in [5.74, 6) is -1.46. The first kappa shape index (κ1) is 29.6. The van der Waals surface area contributed by atoms with E-state index in [0.717, 1.165) is 17.7 Å². The minimum atomic E-state index is -4.52. The molecule has 1 unspecified atom stereocenters. The Morgan fingerprint density at radius 1 is 0.878 bits per heavy atom. The van der Waals surface area contributed by atoms with Gasteiger partial charge in [-0.2, -0.15) is 24.5 Å². The van der Waals surface area contributed by atoms with Gasteiger partial charge in [0.1, 0.15) is 5.70 Å². The zero-order valence-corrected chi connectivity index (χ0v) is 23.2. The number of alkyl halides is 3. The lowest BCUT2D eigenvalue weighted by molar-refractivity contribution is -0.137. The van der Waals surface area contributed by atoms with Gasteiger partial charge in [0.15, 0.2) is 0 Å². The minimum Gasteiger partial charge on any atom is -0.325 e. The van der Waals surface area contributed by atoms with Crippen LogP contribution in [-0.4, -0.2) is 23.0 Å². The molecule has 4 rings (SSSR count). The van der Waals surface area contributed by atoms with Gasteiger partial charge in [-0.15, -0.1) is 11.8 Å². The number of hydrogen-bond acceptors (Lipinski definition) is 5. The van der Waals surface area contributed by atoms with Crippen LogP contribution in [0, 0.1) is 0 Å². The van der Waals surface area contributed by atoms with Gasteiger partial charge in [-0.25, -0.2) is 0 Å². The average Bonchev–Trinajstić information content (AvgIpc) is 3.46. The van der Waals surface area contributed by atoms with Crippen LogP contribution >= 0.6 is 23.1 Å². The number of carbonyl (C=O) groups is 3. The van der Waals surface area contributed by atoms with Crippen molar-refractivity contribution in [2.75, 3.05) is 10.6 Å². The molecule has 3 N–H and O–H groups in total. The molecule has 210 valence electrons. The maximum Gasteiger partial charge on any atom is 0.416 e. The smallest absolute Gasteiger partial charge is 0.325 e. The van der Waals surface area contributed by atoms with Crippen LogP contribution in [0.1, 0.15) is 28.4 Å². The van der Waals surface area contributed by atoms with Gasteiger partial charge < -0.3 is 16.0 Å². The second-order valence-electron chi connectivity index (χ2n) is 8.74. The predicted octanol–water partition coefficient (Wildman–Crippen LogP) is 7.30. The van der Waals surface area contributed by atoms with Gasteiger partial charge in [-0.05, 0) is 83.9 Å². The van der Waals surface area contributed by atoms with E-state index in [2.05, 4.69) is 16.0 Å². The Balaban J connectivity index is 1.43. The second kappa shape index (κ2) is 13.3. The van der Waals surface area contributed by atoms with Gasteiger partial charge in [0.2, 0.25) is 5.91 Å². The number of benzene rings is 3. The standard InChI is InChI=1S/C30H24F3N3O3S2/c1-19(27(37)34-23-10-5-9-22(16-23)30(31,32)33)41-25-12-6-11-24(17-25)35-29(39)26(15-20-13-14-40-18-20)36-28(38)21-7-3-2-4-8-21/h2-19H,1H3,(H,34,37)(H,35,39)(H,36,38)/b26-15-. The number of rotatable bonds is 9. The highest BCUT2D eigenvalue weighted by Crippen LogP contribution is 2.31. The molecule has 6 nitrogen and oxygen atoms in total. The molecular formula is C30H24F3N3O3S2. The van der Waals surface area contributed by atoms with Crippen molar-refractivity contribution in [3.05, 3.63) is 118 Å². The number of halogens is 3. The fourth-order valence-corrected chi connectivity index (χ4v) is 5.13. The molecule has 0 aliphatic carbocycles. The summed E-state index contributed by atoms with van der Waals surface area (Å²) in [6.07, 6.45) is -2.94. The van der Waals surface area contributed by atoms with Crippen LogP contribution in [-0.2, 0) is 15.8 Å². The van der Waals surface area contributed by atoms with E-state index in [1.165, 1.54) is 35.2 Å². The molecule has 0 spiro atoms. The van der Waals surface area contributed by atoms with Crippen molar-refractivity contribution in [3.8, 4) is 0 Å². The molecule has 0 saturated carbocycles. The zero-order chi connectivity index (χ0) is 29.4. The molecule has 0 saturated heterocycles. The first-order chi connectivity index (χ1) is 19.6. The Hall–Kier alpha value is -4.35. The topological polar surface area (TPSA) is 87.3 Å². The Bertz CT molecular complexity index is 1560. The number of anilines is 2. The van der Waals surface area contributed by atoms with E-state index in [1.807, 2.05) is 16.8 Å². The molecule has 3 amide bonds. The molecule has 0 radical (unpaired) electrons. The lowest BCUT2D eigenvalue weighted by atomic mass is 10.2. The van der Waals surface area contributed by atoms with Crippen LogP contribution in [0.2, 0.25) is 0 Å². The van der Waals surface area contributed by atoms with E-state index >= 15 is 0 Å². The van der Waals surface area contributed by atoms with Crippen molar-refractivity contribution in [1.29, 1.82) is 0 Å². The maximum absolute atomic E-state index is 13.2. The summed E-state index contributed by atoms with van der Waals surface area (Å²) in [6.45, 7) is 1.62. The van der Waals surface area contributed by atoms with Crippen molar-refractivity contribution >= 4 is 58.3 Å². The summed E-state index contributed by atoms with van der Waals surface area (Å²) in [7, 11) is 0. The maximum atomic E-state index is 13.2. The third-order valence-corrected chi connectivity index (χ3v) is 7.41. The van der Waals surface area contributed by atoms with E-state index in [0.29, 0.717) is 16.1 Å². The molecule has 41 heavy (non-hydrogen) atoms. The zero-order valence-electron chi connectivity index (χ0n) is 21.6. The molecule has 0 aliphatic heterocycles. The summed E-state index contributed by atoms with van der Waals surface area (Å²) < 4.78 is 39.0. The van der Waals surface area contributed by atoms with E-state index in [4.69, 9.17) is 0 Å². The number of amides is 3. The van der Waals surface area contributed by atoms with Crippen molar-refractivity contribution in [3.63, 3.8) is 0 Å². The van der Waals surface area contributed by atoms with Crippen molar-refractivity contribution in [2.45, 2.75) is 23.2 Å². The van der Waals surface area contributed by atoms with Crippen molar-refractivity contribution in [1.82, 2.24) is 5.32 Å². The number of hydrogen-bond donors (Lipinski definition) is 3. The van der Waals surface area contributed by atoms with Crippen molar-refractivity contribution < 1.29 is 27.6 Å². The Kier molecular flexibility index (Phi) is 9.64. The Labute approximate surface area is 242 Å². The van der Waals surface area contributed by atoms with Crippen LogP contribution < -0.4 is 16.0 Å². The molecule has 11 heteroatoms. The van der Waals surface area contributed by atoms with E-state index in [-0.39, 0.29) is 11.4 Å². The molecule has 1 aromatic heterocycles. The first-order valence-corrected chi connectivity index (χ1v) is 14.1. The van der Waals surface area contributed by atoms with E-state index < -0.39 is 34.7 Å². The van der Waals surface area contributed by atoms with Crippen molar-refractivity contribution in [2.24, 2.45) is 0 Å². The minimum absolute atomic E-state index is 0.0424. The first-order valence-electron chi connectivity index (χ1n) is 12.2. The normalized spacial score (nSPS) is 12.3. The van der Waals surface area contributed by atoms with Crippen LogP contribution in [0.5, 0.6) is 0 Å². The van der Waals surface area contributed by atoms with Gasteiger partial charge in [-0.1, -0.05) is 30.3 Å². The summed E-state index contributed by atoms with van der Waals surface area (Å²) in [5, 5.41) is 11.0. The highest BCUT2D eigenvalue weighted by Gasteiger charge is 2.30. The molecule has 0 bridgehead atoms. The number of thiophene rings is 1. The van der Waals surface area contributed by atoms with Crippen LogP contribution in [0.3, 0.4) is 0 Å². The van der Waals surface area contributed by atoms with Crippen LogP contribution in [0.25, 0.3) is 6.08 Å². The summed E-state index contributed by atoms with van der Waals surface area (Å²) >= 11 is 2.62. The molecule has 4 aromatic rings. The summed E-state index contributed by atoms with van der Waals surface area (Å²) in [4.78, 5) is 39.3. The predicted molar refractivity (Wildman–Crippen MR) is 157 cm³/mol. The Morgan fingerprint density at radius 3 is 2.27 bits per heavy atom. The Morgan fingerprint density at radius 2 is 1.59 bits per heavy atom. The van der Waals surface area contributed by atoms with Gasteiger partial charge in [0.25, 0.3) is 11.8 Å². The molecule has 0 fully saturated rings. The quantitative estimate of drug-likeness (QED) is 0.140. The van der Waals surface area contributed by atoms with E-state index in [9.17, 15) is 27.6 Å². The monoisotopic (exact) mass is 595 g/mol. The number of carbonyl (C=O) groups excluding carboxylic acids is 3. The lowest BCUT2D eigenvalue weighted by Gasteiger charge is -2.15. The summed E-state index contributed by atoms with van der Waals surface area (Å²) in [6, 6.07) is 21.5. The second-order valence-corrected chi connectivity index (χ2v) is 10.9. The molecule has 1 heterocycles. The largest absolute Gasteiger partial charge is 0.416 e. The highest BCUT2D eigenvalue weighted by atomic mass is 32.2. The van der Waals surface area contributed by atoms with Crippen LogP contribution in [0.4, 0.5) is 24.5 Å².